The van der Waals surface area contributed by atoms with Crippen molar-refractivity contribution in [1.82, 2.24) is 4.72 Å². The lowest BCUT2D eigenvalue weighted by Gasteiger charge is -2.11. The van der Waals surface area contributed by atoms with E-state index in [1.54, 1.807) is 0 Å². The highest BCUT2D eigenvalue weighted by Gasteiger charge is 2.30. The molecule has 0 aliphatic rings. The summed E-state index contributed by atoms with van der Waals surface area (Å²) in [6, 6.07) is 9.65. The number of ether oxygens (including phenoxy) is 1. The van der Waals surface area contributed by atoms with Crippen molar-refractivity contribution >= 4 is 19.9 Å². The summed E-state index contributed by atoms with van der Waals surface area (Å²) >= 11 is 0. The Labute approximate surface area is 167 Å². The van der Waals surface area contributed by atoms with Crippen LogP contribution < -0.4 is 9.46 Å². The molecule has 2 rings (SSSR count). The Kier molecular flexibility index (Phi) is 7.30. The third kappa shape index (κ3) is 7.02. The van der Waals surface area contributed by atoms with Crippen molar-refractivity contribution in [3.05, 3.63) is 59.7 Å². The van der Waals surface area contributed by atoms with E-state index in [4.69, 9.17) is 4.74 Å². The van der Waals surface area contributed by atoms with Crippen LogP contribution in [-0.4, -0.2) is 34.9 Å². The lowest BCUT2D eigenvalue weighted by Crippen LogP contribution is -2.23. The van der Waals surface area contributed by atoms with E-state index in [0.717, 1.165) is 12.1 Å². The second kappa shape index (κ2) is 9.14. The van der Waals surface area contributed by atoms with Gasteiger partial charge >= 0.3 is 6.18 Å². The first-order valence-corrected chi connectivity index (χ1v) is 11.8. The van der Waals surface area contributed by atoms with Crippen LogP contribution in [0.15, 0.2) is 53.4 Å². The molecule has 160 valence electrons. The zero-order valence-corrected chi connectivity index (χ0v) is 17.1. The molecular weight excluding hydrogens is 431 g/mol. The van der Waals surface area contributed by atoms with Gasteiger partial charge in [-0.1, -0.05) is 25.1 Å². The van der Waals surface area contributed by atoms with Crippen LogP contribution in [-0.2, 0) is 32.6 Å². The van der Waals surface area contributed by atoms with Gasteiger partial charge in [0.2, 0.25) is 10.0 Å². The van der Waals surface area contributed by atoms with Crippen molar-refractivity contribution < 1.29 is 34.7 Å². The summed E-state index contributed by atoms with van der Waals surface area (Å²) in [5.74, 6) is 0.154. The van der Waals surface area contributed by atoms with Gasteiger partial charge in [-0.3, -0.25) is 0 Å². The Morgan fingerprint density at radius 3 is 2.24 bits per heavy atom. The minimum absolute atomic E-state index is 0.00505. The number of halogens is 3. The van der Waals surface area contributed by atoms with E-state index in [1.165, 1.54) is 43.3 Å². The van der Waals surface area contributed by atoms with Crippen LogP contribution in [0.4, 0.5) is 13.2 Å². The van der Waals surface area contributed by atoms with Gasteiger partial charge in [0.1, 0.15) is 12.4 Å². The van der Waals surface area contributed by atoms with Gasteiger partial charge in [-0.25, -0.2) is 21.6 Å². The second-order valence-electron chi connectivity index (χ2n) is 6.08. The third-order valence-corrected chi connectivity index (χ3v) is 7.04. The third-order valence-electron chi connectivity index (χ3n) is 3.96. The summed E-state index contributed by atoms with van der Waals surface area (Å²) in [5, 5.41) is 0. The van der Waals surface area contributed by atoms with Crippen molar-refractivity contribution in [3.8, 4) is 5.75 Å². The lowest BCUT2D eigenvalue weighted by molar-refractivity contribution is -0.137. The highest BCUT2D eigenvalue weighted by atomic mass is 32.2. The molecule has 2 aromatic rings. The zero-order chi connectivity index (χ0) is 21.7. The molecule has 29 heavy (non-hydrogen) atoms. The summed E-state index contributed by atoms with van der Waals surface area (Å²) in [4.78, 5) is -0.0991. The van der Waals surface area contributed by atoms with Crippen LogP contribution in [0.2, 0.25) is 0 Å². The van der Waals surface area contributed by atoms with Crippen molar-refractivity contribution in [2.75, 3.05) is 18.1 Å². The largest absolute Gasteiger partial charge is 0.493 e. The molecule has 0 aliphatic carbocycles. The van der Waals surface area contributed by atoms with Crippen LogP contribution in [0.3, 0.4) is 0 Å². The maximum Gasteiger partial charge on any atom is 0.416 e. The predicted molar refractivity (Wildman–Crippen MR) is 102 cm³/mol. The number of rotatable bonds is 9. The highest BCUT2D eigenvalue weighted by Crippen LogP contribution is 2.29. The summed E-state index contributed by atoms with van der Waals surface area (Å²) in [7, 11) is -7.12. The minimum atomic E-state index is -4.51. The molecule has 11 heteroatoms. The minimum Gasteiger partial charge on any atom is -0.493 e. The average Bonchev–Trinajstić information content (AvgIpc) is 2.66. The van der Waals surface area contributed by atoms with Gasteiger partial charge in [0.25, 0.3) is 0 Å². The molecule has 0 spiro atoms. The number of sulfone groups is 1. The van der Waals surface area contributed by atoms with Crippen LogP contribution in [0.5, 0.6) is 5.75 Å². The van der Waals surface area contributed by atoms with Crippen molar-refractivity contribution in [3.63, 3.8) is 0 Å². The summed E-state index contributed by atoms with van der Waals surface area (Å²) in [5.41, 5.74) is -0.693. The number of alkyl halides is 3. The average molecular weight is 451 g/mol. The molecule has 0 atom stereocenters. The number of hydrogen-bond acceptors (Lipinski definition) is 5. The molecule has 0 aliphatic heterocycles. The SMILES string of the molecule is CCS(=O)(=O)CCOc1ccc(S(=O)(=O)NCc2cccc(C(F)(F)F)c2)cc1. The Morgan fingerprint density at radius 1 is 1.00 bits per heavy atom. The van der Waals surface area contributed by atoms with Crippen LogP contribution in [0.25, 0.3) is 0 Å². The maximum atomic E-state index is 12.7. The molecule has 0 unspecified atom stereocenters. The predicted octanol–water partition coefficient (Wildman–Crippen LogP) is 3.00. The van der Waals surface area contributed by atoms with Crippen molar-refractivity contribution in [2.45, 2.75) is 24.5 Å². The van der Waals surface area contributed by atoms with Gasteiger partial charge < -0.3 is 4.74 Å². The lowest BCUT2D eigenvalue weighted by atomic mass is 10.1. The number of hydrogen-bond donors (Lipinski definition) is 1. The fourth-order valence-corrected chi connectivity index (χ4v) is 3.91. The molecule has 0 saturated heterocycles. The Balaban J connectivity index is 1.99. The first kappa shape index (κ1) is 23.2. The fourth-order valence-electron chi connectivity index (χ4n) is 2.27. The standard InChI is InChI=1S/C18H20F3NO5S2/c1-2-28(23,24)11-10-27-16-6-8-17(9-7-16)29(25,26)22-13-14-4-3-5-15(12-14)18(19,20)21/h3-9,12,22H,2,10-11,13H2,1H3. The van der Waals surface area contributed by atoms with E-state index in [9.17, 15) is 30.0 Å². The molecule has 0 radical (unpaired) electrons. The monoisotopic (exact) mass is 451 g/mol. The second-order valence-corrected chi connectivity index (χ2v) is 10.3. The first-order valence-electron chi connectivity index (χ1n) is 8.52. The van der Waals surface area contributed by atoms with Gasteiger partial charge in [-0.05, 0) is 35.9 Å². The molecular formula is C18H20F3NO5S2. The Bertz CT molecular complexity index is 1030. The summed E-state index contributed by atoms with van der Waals surface area (Å²) in [6.07, 6.45) is -4.51. The number of nitrogens with one attached hydrogen (secondary N) is 1. The molecule has 0 saturated carbocycles. The van der Waals surface area contributed by atoms with E-state index >= 15 is 0 Å². The van der Waals surface area contributed by atoms with E-state index in [1.807, 2.05) is 0 Å². The summed E-state index contributed by atoms with van der Waals surface area (Å²) in [6.45, 7) is 1.16. The topological polar surface area (TPSA) is 89.5 Å². The van der Waals surface area contributed by atoms with Crippen LogP contribution in [0, 0.1) is 0 Å². The van der Waals surface area contributed by atoms with Crippen LogP contribution in [0.1, 0.15) is 18.1 Å². The zero-order valence-electron chi connectivity index (χ0n) is 15.4. The van der Waals surface area contributed by atoms with Gasteiger partial charge in [0.05, 0.1) is 16.2 Å². The fraction of sp³-hybridized carbons (Fsp3) is 0.333. The highest BCUT2D eigenvalue weighted by molar-refractivity contribution is 7.91. The van der Waals surface area contributed by atoms with Gasteiger partial charge in [-0.15, -0.1) is 0 Å². The molecule has 0 amide bonds. The number of benzene rings is 2. The van der Waals surface area contributed by atoms with Gasteiger partial charge in [0, 0.05) is 12.3 Å². The van der Waals surface area contributed by atoms with Gasteiger partial charge in [0.15, 0.2) is 9.84 Å². The molecule has 1 N–H and O–H groups in total. The maximum absolute atomic E-state index is 12.7. The molecule has 6 nitrogen and oxygen atoms in total. The normalized spacial score (nSPS) is 12.7. The molecule has 0 aromatic heterocycles. The van der Waals surface area contributed by atoms with E-state index in [-0.39, 0.29) is 35.1 Å². The van der Waals surface area contributed by atoms with Gasteiger partial charge in [-0.2, -0.15) is 13.2 Å². The van der Waals surface area contributed by atoms with Crippen LogP contribution >= 0.6 is 0 Å². The van der Waals surface area contributed by atoms with E-state index in [2.05, 4.69) is 4.72 Å². The Morgan fingerprint density at radius 2 is 1.66 bits per heavy atom. The van der Waals surface area contributed by atoms with Crippen molar-refractivity contribution in [2.24, 2.45) is 0 Å². The Hall–Kier alpha value is -2.11. The van der Waals surface area contributed by atoms with E-state index < -0.39 is 31.6 Å². The summed E-state index contributed by atoms with van der Waals surface area (Å²) < 4.78 is 93.2. The smallest absolute Gasteiger partial charge is 0.416 e. The first-order chi connectivity index (χ1) is 13.4. The molecule has 0 fully saturated rings. The quantitative estimate of drug-likeness (QED) is 0.633. The van der Waals surface area contributed by atoms with Crippen molar-refractivity contribution in [1.29, 1.82) is 0 Å². The molecule has 2 aromatic carbocycles. The molecule has 0 bridgehead atoms. The molecule has 0 heterocycles. The number of sulfonamides is 1. The van der Waals surface area contributed by atoms with E-state index in [0.29, 0.717) is 5.75 Å².